The van der Waals surface area contributed by atoms with Crippen LogP contribution < -0.4 is 5.32 Å². The molecule has 1 unspecified atom stereocenters. The predicted octanol–water partition coefficient (Wildman–Crippen LogP) is 1.04. The first-order valence-electron chi connectivity index (χ1n) is 4.05. The molecule has 0 saturated heterocycles. The van der Waals surface area contributed by atoms with Crippen molar-refractivity contribution >= 4 is 34.5 Å². The summed E-state index contributed by atoms with van der Waals surface area (Å²) in [5, 5.41) is 11.2. The van der Waals surface area contributed by atoms with Gasteiger partial charge in [0.1, 0.15) is 6.04 Å². The van der Waals surface area contributed by atoms with E-state index < -0.39 is 12.0 Å². The average Bonchev–Trinajstić information content (AvgIpc) is 2.02. The molecule has 0 aliphatic rings. The van der Waals surface area contributed by atoms with E-state index in [0.717, 1.165) is 0 Å². The van der Waals surface area contributed by atoms with Gasteiger partial charge in [0.05, 0.1) is 4.43 Å². The molecule has 1 amide bonds. The quantitative estimate of drug-likeness (QED) is 0.589. The van der Waals surface area contributed by atoms with Crippen molar-refractivity contribution < 1.29 is 14.7 Å². The molecule has 76 valence electrons. The number of nitrogens with one attached hydrogen (secondary N) is 1. The topological polar surface area (TPSA) is 66.4 Å². The maximum atomic E-state index is 10.9. The number of aliphatic carboxylic acids is 1. The Morgan fingerprint density at radius 1 is 1.46 bits per heavy atom. The summed E-state index contributed by atoms with van der Waals surface area (Å²) in [5.41, 5.74) is 0. The molecule has 13 heavy (non-hydrogen) atoms. The van der Waals surface area contributed by atoms with Gasteiger partial charge in [-0.1, -0.05) is 36.4 Å². The minimum Gasteiger partial charge on any atom is -0.480 e. The van der Waals surface area contributed by atoms with Gasteiger partial charge in [0, 0.05) is 0 Å². The fourth-order valence-electron chi connectivity index (χ4n) is 0.926. The predicted molar refractivity (Wildman–Crippen MR) is 57.9 cm³/mol. The Bertz CT molecular complexity index is 194. The molecule has 0 aliphatic heterocycles. The van der Waals surface area contributed by atoms with Gasteiger partial charge in [-0.15, -0.1) is 0 Å². The van der Waals surface area contributed by atoms with Crippen molar-refractivity contribution in [2.24, 2.45) is 5.92 Å². The first-order chi connectivity index (χ1) is 5.97. The third-order valence-corrected chi connectivity index (χ3v) is 2.15. The van der Waals surface area contributed by atoms with Gasteiger partial charge >= 0.3 is 5.97 Å². The van der Waals surface area contributed by atoms with Crippen LogP contribution >= 0.6 is 22.6 Å². The van der Waals surface area contributed by atoms with E-state index >= 15 is 0 Å². The lowest BCUT2D eigenvalue weighted by Gasteiger charge is -2.15. The van der Waals surface area contributed by atoms with E-state index in [1.165, 1.54) is 0 Å². The molecule has 0 aromatic rings. The average molecular weight is 299 g/mol. The highest BCUT2D eigenvalue weighted by Crippen LogP contribution is 2.04. The van der Waals surface area contributed by atoms with Crippen LogP contribution in [0.2, 0.25) is 0 Å². The van der Waals surface area contributed by atoms with Gasteiger partial charge in [-0.25, -0.2) is 4.79 Å². The number of carbonyl (C=O) groups is 2. The molecular weight excluding hydrogens is 285 g/mol. The smallest absolute Gasteiger partial charge is 0.326 e. The molecule has 0 rings (SSSR count). The standard InChI is InChI=1S/C8H14INO3/c1-5(2)3-6(8(12)13)10-7(11)4-9/h5-6H,3-4H2,1-2H3,(H,10,11)(H,12,13). The molecule has 0 heterocycles. The molecule has 1 atom stereocenters. The second-order valence-electron chi connectivity index (χ2n) is 3.22. The van der Waals surface area contributed by atoms with Crippen LogP contribution in [-0.2, 0) is 9.59 Å². The second kappa shape index (κ2) is 6.17. The summed E-state index contributed by atoms with van der Waals surface area (Å²) in [4.78, 5) is 21.6. The maximum Gasteiger partial charge on any atom is 0.326 e. The van der Waals surface area contributed by atoms with Crippen molar-refractivity contribution in [3.05, 3.63) is 0 Å². The van der Waals surface area contributed by atoms with Crippen LogP contribution in [-0.4, -0.2) is 27.5 Å². The Morgan fingerprint density at radius 3 is 2.31 bits per heavy atom. The van der Waals surface area contributed by atoms with Crippen LogP contribution in [0.1, 0.15) is 20.3 Å². The van der Waals surface area contributed by atoms with Crippen LogP contribution in [0.25, 0.3) is 0 Å². The maximum absolute atomic E-state index is 10.9. The number of hydrogen-bond acceptors (Lipinski definition) is 2. The number of carbonyl (C=O) groups excluding carboxylic acids is 1. The van der Waals surface area contributed by atoms with E-state index in [1.54, 1.807) is 0 Å². The minimum absolute atomic E-state index is 0.228. The highest BCUT2D eigenvalue weighted by atomic mass is 127. The summed E-state index contributed by atoms with van der Waals surface area (Å²) in [6.45, 7) is 3.85. The Balaban J connectivity index is 4.10. The van der Waals surface area contributed by atoms with Gasteiger partial charge < -0.3 is 10.4 Å². The third-order valence-electron chi connectivity index (χ3n) is 1.46. The van der Waals surface area contributed by atoms with Gasteiger partial charge in [0.15, 0.2) is 0 Å². The molecule has 0 spiro atoms. The van der Waals surface area contributed by atoms with Crippen molar-refractivity contribution in [1.82, 2.24) is 5.32 Å². The van der Waals surface area contributed by atoms with Crippen LogP contribution in [0.5, 0.6) is 0 Å². The number of halogens is 1. The number of rotatable bonds is 5. The first-order valence-corrected chi connectivity index (χ1v) is 5.58. The van der Waals surface area contributed by atoms with Crippen molar-refractivity contribution in [3.63, 3.8) is 0 Å². The lowest BCUT2D eigenvalue weighted by atomic mass is 10.0. The van der Waals surface area contributed by atoms with Gasteiger partial charge in [-0.2, -0.15) is 0 Å². The number of alkyl halides is 1. The van der Waals surface area contributed by atoms with Crippen LogP contribution in [0.15, 0.2) is 0 Å². The summed E-state index contributed by atoms with van der Waals surface area (Å²) < 4.78 is 0.291. The molecule has 2 N–H and O–H groups in total. The normalized spacial score (nSPS) is 12.6. The summed E-state index contributed by atoms with van der Waals surface area (Å²) in [6, 6.07) is -0.748. The van der Waals surface area contributed by atoms with E-state index in [0.29, 0.717) is 10.8 Å². The largest absolute Gasteiger partial charge is 0.480 e. The highest BCUT2D eigenvalue weighted by molar-refractivity contribution is 14.1. The molecule has 0 radical (unpaired) electrons. The Kier molecular flexibility index (Phi) is 6.02. The lowest BCUT2D eigenvalue weighted by molar-refractivity contribution is -0.141. The lowest BCUT2D eigenvalue weighted by Crippen LogP contribution is -2.42. The summed E-state index contributed by atoms with van der Waals surface area (Å²) >= 11 is 1.90. The van der Waals surface area contributed by atoms with Gasteiger partial charge in [0.2, 0.25) is 5.91 Å². The number of amides is 1. The summed E-state index contributed by atoms with van der Waals surface area (Å²) in [5.74, 6) is -0.934. The zero-order chi connectivity index (χ0) is 10.4. The Morgan fingerprint density at radius 2 is 2.00 bits per heavy atom. The van der Waals surface area contributed by atoms with Crippen LogP contribution in [0.3, 0.4) is 0 Å². The molecule has 0 fully saturated rings. The Hall–Kier alpha value is -0.330. The van der Waals surface area contributed by atoms with E-state index in [9.17, 15) is 9.59 Å². The molecule has 5 heteroatoms. The van der Waals surface area contributed by atoms with Gasteiger partial charge in [0.25, 0.3) is 0 Å². The summed E-state index contributed by atoms with van der Waals surface area (Å²) in [7, 11) is 0. The van der Waals surface area contributed by atoms with Crippen molar-refractivity contribution in [1.29, 1.82) is 0 Å². The van der Waals surface area contributed by atoms with E-state index in [2.05, 4.69) is 5.32 Å². The number of carboxylic acids is 1. The fourth-order valence-corrected chi connectivity index (χ4v) is 1.15. The molecule has 0 aromatic heterocycles. The zero-order valence-electron chi connectivity index (χ0n) is 7.71. The monoisotopic (exact) mass is 299 g/mol. The fraction of sp³-hybridized carbons (Fsp3) is 0.750. The molecule has 0 bridgehead atoms. The van der Waals surface area contributed by atoms with E-state index in [-0.39, 0.29) is 11.8 Å². The van der Waals surface area contributed by atoms with Gasteiger partial charge in [-0.05, 0) is 12.3 Å². The zero-order valence-corrected chi connectivity index (χ0v) is 9.87. The number of carboxylic acid groups (broad SMARTS) is 1. The second-order valence-corrected chi connectivity index (χ2v) is 3.98. The minimum atomic E-state index is -0.966. The molecule has 0 saturated carbocycles. The SMILES string of the molecule is CC(C)CC(NC(=O)CI)C(=O)O. The van der Waals surface area contributed by atoms with Crippen LogP contribution in [0, 0.1) is 5.92 Å². The van der Waals surface area contributed by atoms with Crippen molar-refractivity contribution in [2.45, 2.75) is 26.3 Å². The van der Waals surface area contributed by atoms with E-state index in [1.807, 2.05) is 36.4 Å². The molecule has 0 aliphatic carbocycles. The highest BCUT2D eigenvalue weighted by Gasteiger charge is 2.20. The molecule has 0 aromatic carbocycles. The molecular formula is C8H14INO3. The van der Waals surface area contributed by atoms with Crippen molar-refractivity contribution in [3.8, 4) is 0 Å². The third kappa shape index (κ3) is 5.84. The first kappa shape index (κ1) is 12.7. The van der Waals surface area contributed by atoms with Gasteiger partial charge in [-0.3, -0.25) is 4.79 Å². The van der Waals surface area contributed by atoms with E-state index in [4.69, 9.17) is 5.11 Å². The Labute approximate surface area is 91.2 Å². The summed E-state index contributed by atoms with van der Waals surface area (Å²) in [6.07, 6.45) is 0.470. The molecule has 4 nitrogen and oxygen atoms in total. The van der Waals surface area contributed by atoms with Crippen LogP contribution in [0.4, 0.5) is 0 Å². The van der Waals surface area contributed by atoms with Crippen molar-refractivity contribution in [2.75, 3.05) is 4.43 Å². The number of hydrogen-bond donors (Lipinski definition) is 2.